The molecule has 0 fully saturated rings. The van der Waals surface area contributed by atoms with Gasteiger partial charge in [0.2, 0.25) is 11.5 Å². The van der Waals surface area contributed by atoms with Gasteiger partial charge >= 0.3 is 0 Å². The molecule has 24 heavy (non-hydrogen) atoms. The summed E-state index contributed by atoms with van der Waals surface area (Å²) in [7, 11) is 0. The third-order valence-electron chi connectivity index (χ3n) is 3.94. The summed E-state index contributed by atoms with van der Waals surface area (Å²) in [4.78, 5) is 26.8. The number of aromatic nitrogens is 1. The number of nitrogens with one attached hydrogen (secondary N) is 2. The highest BCUT2D eigenvalue weighted by molar-refractivity contribution is 5.95. The summed E-state index contributed by atoms with van der Waals surface area (Å²) in [6, 6.07) is 16.9. The van der Waals surface area contributed by atoms with E-state index in [0.717, 1.165) is 34.9 Å². The van der Waals surface area contributed by atoms with Gasteiger partial charge in [0.25, 0.3) is 0 Å². The molecule has 4 heteroatoms. The van der Waals surface area contributed by atoms with Gasteiger partial charge in [0.1, 0.15) is 0 Å². The lowest BCUT2D eigenvalue weighted by Crippen LogP contribution is -2.14. The smallest absolute Gasteiger partial charge is 0.248 e. The maximum absolute atomic E-state index is 12.2. The highest BCUT2D eigenvalue weighted by atomic mass is 16.1. The second-order valence-corrected chi connectivity index (χ2v) is 5.88. The number of fused-ring (bicyclic) bond motifs is 1. The molecule has 0 aliphatic rings. The van der Waals surface area contributed by atoms with Gasteiger partial charge in [0.15, 0.2) is 0 Å². The topological polar surface area (TPSA) is 62.0 Å². The Hall–Kier alpha value is -2.88. The zero-order valence-corrected chi connectivity index (χ0v) is 13.6. The molecule has 3 rings (SSSR count). The zero-order valence-electron chi connectivity index (χ0n) is 13.6. The molecule has 2 aromatic carbocycles. The number of H-pyrrole nitrogens is 1. The number of benzene rings is 2. The summed E-state index contributed by atoms with van der Waals surface area (Å²) < 4.78 is 0. The van der Waals surface area contributed by atoms with Crippen molar-refractivity contribution in [2.75, 3.05) is 5.32 Å². The van der Waals surface area contributed by atoms with Crippen LogP contribution in [-0.2, 0) is 17.6 Å². The van der Waals surface area contributed by atoms with Gasteiger partial charge < -0.3 is 10.3 Å². The predicted octanol–water partition coefficient (Wildman–Crippen LogP) is 3.66. The Balaban J connectivity index is 1.83. The number of carbonyl (C=O) groups is 1. The number of carbonyl (C=O) groups excluding carboxylic acids is 1. The van der Waals surface area contributed by atoms with Gasteiger partial charge in [-0.1, -0.05) is 49.7 Å². The molecule has 2 N–H and O–H groups in total. The third-order valence-corrected chi connectivity index (χ3v) is 3.94. The van der Waals surface area contributed by atoms with E-state index in [9.17, 15) is 9.59 Å². The molecule has 3 aromatic rings. The van der Waals surface area contributed by atoms with E-state index in [1.165, 1.54) is 0 Å². The molecular formula is C20H20N2O2. The average Bonchev–Trinajstić information content (AvgIpc) is 2.55. The van der Waals surface area contributed by atoms with E-state index in [2.05, 4.69) is 17.2 Å². The monoisotopic (exact) mass is 320 g/mol. The van der Waals surface area contributed by atoms with E-state index in [1.807, 2.05) is 48.5 Å². The van der Waals surface area contributed by atoms with Gasteiger partial charge in [-0.2, -0.15) is 0 Å². The fourth-order valence-corrected chi connectivity index (χ4v) is 2.87. The minimum atomic E-state index is -0.112. The van der Waals surface area contributed by atoms with Crippen LogP contribution >= 0.6 is 0 Å². The van der Waals surface area contributed by atoms with Crippen LogP contribution in [0, 0.1) is 0 Å². The van der Waals surface area contributed by atoms with E-state index in [4.69, 9.17) is 0 Å². The van der Waals surface area contributed by atoms with E-state index >= 15 is 0 Å². The predicted molar refractivity (Wildman–Crippen MR) is 97.3 cm³/mol. The van der Waals surface area contributed by atoms with Gasteiger partial charge in [-0.3, -0.25) is 9.59 Å². The van der Waals surface area contributed by atoms with Crippen molar-refractivity contribution in [2.45, 2.75) is 26.2 Å². The highest BCUT2D eigenvalue weighted by Crippen LogP contribution is 2.21. The molecule has 0 saturated heterocycles. The van der Waals surface area contributed by atoms with Crippen molar-refractivity contribution >= 4 is 22.5 Å². The van der Waals surface area contributed by atoms with Crippen LogP contribution in [0.5, 0.6) is 0 Å². The van der Waals surface area contributed by atoms with Crippen molar-refractivity contribution in [1.29, 1.82) is 0 Å². The standard InChI is InChI=1S/C20H20N2O2/c1-2-6-15-12-20(24)22-18-13-16(9-10-17(15)18)21-19(23)11-14-7-4-3-5-8-14/h3-5,7-10,12-13H,2,6,11H2,1H3,(H,21,23)(H,22,24). The summed E-state index contributed by atoms with van der Waals surface area (Å²) >= 11 is 0. The first kappa shape index (κ1) is 16.0. The van der Waals surface area contributed by atoms with Crippen molar-refractivity contribution < 1.29 is 4.79 Å². The average molecular weight is 320 g/mol. The van der Waals surface area contributed by atoms with Gasteiger partial charge in [-0.15, -0.1) is 0 Å². The number of pyridine rings is 1. The Morgan fingerprint density at radius 2 is 1.88 bits per heavy atom. The zero-order chi connectivity index (χ0) is 16.9. The molecule has 1 heterocycles. The molecule has 0 unspecified atom stereocenters. The van der Waals surface area contributed by atoms with Gasteiger partial charge in [0.05, 0.1) is 11.9 Å². The number of aryl methyl sites for hydroxylation is 1. The SMILES string of the molecule is CCCc1cc(=O)[nH]c2cc(NC(=O)Cc3ccccc3)ccc12. The molecule has 0 atom stereocenters. The lowest BCUT2D eigenvalue weighted by atomic mass is 10.0. The summed E-state index contributed by atoms with van der Waals surface area (Å²) in [6.07, 6.45) is 2.17. The second-order valence-electron chi connectivity index (χ2n) is 5.88. The largest absolute Gasteiger partial charge is 0.326 e. The summed E-state index contributed by atoms with van der Waals surface area (Å²) in [5, 5.41) is 3.92. The van der Waals surface area contributed by atoms with Crippen LogP contribution in [0.2, 0.25) is 0 Å². The third kappa shape index (κ3) is 3.71. The van der Waals surface area contributed by atoms with Gasteiger partial charge in [0, 0.05) is 17.1 Å². The van der Waals surface area contributed by atoms with Gasteiger partial charge in [-0.25, -0.2) is 0 Å². The first-order chi connectivity index (χ1) is 11.7. The van der Waals surface area contributed by atoms with Crippen LogP contribution in [-0.4, -0.2) is 10.9 Å². The van der Waals surface area contributed by atoms with E-state index in [0.29, 0.717) is 12.1 Å². The van der Waals surface area contributed by atoms with Crippen molar-refractivity contribution in [1.82, 2.24) is 4.98 Å². The summed E-state index contributed by atoms with van der Waals surface area (Å²) in [5.74, 6) is -0.0763. The first-order valence-electron chi connectivity index (χ1n) is 8.15. The van der Waals surface area contributed by atoms with Crippen molar-refractivity contribution in [3.05, 3.63) is 76.1 Å². The lowest BCUT2D eigenvalue weighted by molar-refractivity contribution is -0.115. The van der Waals surface area contributed by atoms with Crippen LogP contribution < -0.4 is 10.9 Å². The summed E-state index contributed by atoms with van der Waals surface area (Å²) in [5.41, 5.74) is 3.34. The first-order valence-corrected chi connectivity index (χ1v) is 8.15. The lowest BCUT2D eigenvalue weighted by Gasteiger charge is -2.09. The molecular weight excluding hydrogens is 300 g/mol. The quantitative estimate of drug-likeness (QED) is 0.753. The molecule has 0 aliphatic heterocycles. The summed E-state index contributed by atoms with van der Waals surface area (Å²) in [6.45, 7) is 2.09. The molecule has 0 spiro atoms. The maximum Gasteiger partial charge on any atom is 0.248 e. The number of anilines is 1. The molecule has 122 valence electrons. The minimum Gasteiger partial charge on any atom is -0.326 e. The second kappa shape index (κ2) is 7.13. The fraction of sp³-hybridized carbons (Fsp3) is 0.200. The van der Waals surface area contributed by atoms with Crippen LogP contribution in [0.25, 0.3) is 10.9 Å². The van der Waals surface area contributed by atoms with Crippen LogP contribution in [0.3, 0.4) is 0 Å². The van der Waals surface area contributed by atoms with Crippen LogP contribution in [0.15, 0.2) is 59.4 Å². The van der Waals surface area contributed by atoms with E-state index < -0.39 is 0 Å². The molecule has 1 aromatic heterocycles. The number of hydrogen-bond donors (Lipinski definition) is 2. The van der Waals surface area contributed by atoms with E-state index in [-0.39, 0.29) is 11.5 Å². The molecule has 0 radical (unpaired) electrons. The molecule has 0 saturated carbocycles. The number of amides is 1. The minimum absolute atomic E-state index is 0.0763. The van der Waals surface area contributed by atoms with Crippen LogP contribution in [0.4, 0.5) is 5.69 Å². The Labute approximate surface area is 140 Å². The van der Waals surface area contributed by atoms with Crippen LogP contribution in [0.1, 0.15) is 24.5 Å². The highest BCUT2D eigenvalue weighted by Gasteiger charge is 2.07. The van der Waals surface area contributed by atoms with Crippen molar-refractivity contribution in [3.63, 3.8) is 0 Å². The molecule has 0 bridgehead atoms. The Kier molecular flexibility index (Phi) is 4.75. The molecule has 4 nitrogen and oxygen atoms in total. The van der Waals surface area contributed by atoms with Crippen molar-refractivity contribution in [2.24, 2.45) is 0 Å². The van der Waals surface area contributed by atoms with Gasteiger partial charge in [-0.05, 0) is 29.7 Å². The Morgan fingerprint density at radius 3 is 2.62 bits per heavy atom. The van der Waals surface area contributed by atoms with Crippen molar-refractivity contribution in [3.8, 4) is 0 Å². The number of rotatable bonds is 5. The molecule has 1 amide bonds. The van der Waals surface area contributed by atoms with E-state index in [1.54, 1.807) is 6.07 Å². The Bertz CT molecular complexity index is 914. The fourth-order valence-electron chi connectivity index (χ4n) is 2.87. The molecule has 0 aliphatic carbocycles. The Morgan fingerprint density at radius 1 is 1.08 bits per heavy atom. The maximum atomic E-state index is 12.2. The number of hydrogen-bond acceptors (Lipinski definition) is 2. The normalized spacial score (nSPS) is 10.7. The number of aromatic amines is 1.